The van der Waals surface area contributed by atoms with Gasteiger partial charge in [0.05, 0.1) is 29.6 Å². The van der Waals surface area contributed by atoms with E-state index in [1.165, 1.54) is 0 Å². The van der Waals surface area contributed by atoms with E-state index in [0.717, 1.165) is 27.6 Å². The van der Waals surface area contributed by atoms with E-state index < -0.39 is 12.1 Å². The van der Waals surface area contributed by atoms with Crippen LogP contribution in [0.15, 0.2) is 36.4 Å². The van der Waals surface area contributed by atoms with Crippen LogP contribution in [0.5, 0.6) is 5.75 Å². The molecule has 6 nitrogen and oxygen atoms in total. The third-order valence-electron chi connectivity index (χ3n) is 5.71. The number of H-pyrrole nitrogens is 2. The summed E-state index contributed by atoms with van der Waals surface area (Å²) < 4.78 is 44.8. The van der Waals surface area contributed by atoms with Crippen molar-refractivity contribution < 1.29 is 17.9 Å². The van der Waals surface area contributed by atoms with Gasteiger partial charge in [-0.3, -0.25) is 5.10 Å². The lowest BCUT2D eigenvalue weighted by Gasteiger charge is -2.35. The van der Waals surface area contributed by atoms with Crippen LogP contribution in [0.4, 0.5) is 18.9 Å². The van der Waals surface area contributed by atoms with Crippen LogP contribution in [0.3, 0.4) is 0 Å². The molecular weight excluding hydrogens is 395 g/mol. The highest BCUT2D eigenvalue weighted by Gasteiger charge is 2.41. The molecule has 0 saturated carbocycles. The summed E-state index contributed by atoms with van der Waals surface area (Å²) in [6.45, 7) is 0.600. The van der Waals surface area contributed by atoms with Crippen LogP contribution in [0.1, 0.15) is 12.8 Å². The van der Waals surface area contributed by atoms with Gasteiger partial charge in [0.15, 0.2) is 5.82 Å². The number of rotatable bonds is 3. The van der Waals surface area contributed by atoms with Crippen molar-refractivity contribution in [3.63, 3.8) is 0 Å². The van der Waals surface area contributed by atoms with Crippen LogP contribution < -0.4 is 9.64 Å². The smallest absolute Gasteiger partial charge is 0.393 e. The SMILES string of the molecule is COc1ccc2[nH]nc(-c3nc4ccc(N5CCCC(C(F)(F)F)C5)cc4[nH]3)c2c1. The summed E-state index contributed by atoms with van der Waals surface area (Å²) in [7, 11) is 1.60. The molecule has 0 bridgehead atoms. The first-order chi connectivity index (χ1) is 14.4. The summed E-state index contributed by atoms with van der Waals surface area (Å²) >= 11 is 0. The molecule has 156 valence electrons. The summed E-state index contributed by atoms with van der Waals surface area (Å²) in [5.74, 6) is 0.0194. The van der Waals surface area contributed by atoms with E-state index in [2.05, 4.69) is 20.2 Å². The minimum atomic E-state index is -4.16. The van der Waals surface area contributed by atoms with Crippen LogP contribution in [-0.4, -0.2) is 46.5 Å². The fourth-order valence-corrected chi connectivity index (χ4v) is 4.09. The monoisotopic (exact) mass is 415 g/mol. The average Bonchev–Trinajstić information content (AvgIpc) is 3.35. The summed E-state index contributed by atoms with van der Waals surface area (Å²) in [5.41, 5.74) is 3.78. The Morgan fingerprint density at radius 1 is 1.13 bits per heavy atom. The van der Waals surface area contributed by atoms with E-state index >= 15 is 0 Å². The van der Waals surface area contributed by atoms with Crippen molar-refractivity contribution in [3.05, 3.63) is 36.4 Å². The molecule has 0 amide bonds. The fraction of sp³-hybridized carbons (Fsp3) is 0.333. The Morgan fingerprint density at radius 2 is 2.00 bits per heavy atom. The molecular formula is C21H20F3N5O. The lowest BCUT2D eigenvalue weighted by molar-refractivity contribution is -0.175. The lowest BCUT2D eigenvalue weighted by Crippen LogP contribution is -2.41. The van der Waals surface area contributed by atoms with Crippen LogP contribution in [0.25, 0.3) is 33.5 Å². The largest absolute Gasteiger partial charge is 0.497 e. The highest BCUT2D eigenvalue weighted by atomic mass is 19.4. The molecule has 1 fully saturated rings. The average molecular weight is 415 g/mol. The number of aromatic amines is 2. The highest BCUT2D eigenvalue weighted by molar-refractivity contribution is 5.94. The minimum Gasteiger partial charge on any atom is -0.497 e. The topological polar surface area (TPSA) is 69.8 Å². The number of halogens is 3. The van der Waals surface area contributed by atoms with Crippen molar-refractivity contribution in [2.45, 2.75) is 19.0 Å². The zero-order chi connectivity index (χ0) is 20.9. The summed E-state index contributed by atoms with van der Waals surface area (Å²) in [6.07, 6.45) is -3.45. The lowest BCUT2D eigenvalue weighted by atomic mass is 9.97. The molecule has 1 aliphatic heterocycles. The third kappa shape index (κ3) is 3.24. The first kappa shape index (κ1) is 18.8. The molecule has 9 heteroatoms. The highest BCUT2D eigenvalue weighted by Crippen LogP contribution is 2.36. The maximum atomic E-state index is 13.2. The predicted octanol–water partition coefficient (Wildman–Crippen LogP) is 4.89. The van der Waals surface area contributed by atoms with E-state index in [-0.39, 0.29) is 13.0 Å². The first-order valence-corrected chi connectivity index (χ1v) is 9.76. The molecule has 3 heterocycles. The van der Waals surface area contributed by atoms with Crippen LogP contribution in [0.2, 0.25) is 0 Å². The fourth-order valence-electron chi connectivity index (χ4n) is 4.09. The van der Waals surface area contributed by atoms with Crippen molar-refractivity contribution in [2.75, 3.05) is 25.1 Å². The summed E-state index contributed by atoms with van der Waals surface area (Å²) in [5, 5.41) is 8.23. The van der Waals surface area contributed by atoms with E-state index in [9.17, 15) is 13.2 Å². The van der Waals surface area contributed by atoms with Gasteiger partial charge in [-0.1, -0.05) is 0 Å². The number of anilines is 1. The van der Waals surface area contributed by atoms with Gasteiger partial charge in [0.1, 0.15) is 11.4 Å². The van der Waals surface area contributed by atoms with Crippen molar-refractivity contribution in [1.29, 1.82) is 0 Å². The summed E-state index contributed by atoms with van der Waals surface area (Å²) in [4.78, 5) is 9.69. The zero-order valence-electron chi connectivity index (χ0n) is 16.3. The Balaban J connectivity index is 1.49. The molecule has 0 spiro atoms. The van der Waals surface area contributed by atoms with Gasteiger partial charge in [0.2, 0.25) is 0 Å². The second-order valence-electron chi connectivity index (χ2n) is 7.60. The number of imidazole rings is 1. The molecule has 4 aromatic rings. The first-order valence-electron chi connectivity index (χ1n) is 9.76. The van der Waals surface area contributed by atoms with Gasteiger partial charge in [0.25, 0.3) is 0 Å². The molecule has 1 atom stereocenters. The van der Waals surface area contributed by atoms with E-state index in [4.69, 9.17) is 4.74 Å². The number of ether oxygens (including phenoxy) is 1. The normalized spacial score (nSPS) is 17.7. The molecule has 1 aliphatic rings. The number of nitrogens with one attached hydrogen (secondary N) is 2. The standard InChI is InChI=1S/C21H20F3N5O/c1-30-14-5-7-16-15(10-14)19(28-27-16)20-25-17-6-4-13(9-18(17)26-20)29-8-2-3-12(11-29)21(22,23)24/h4-7,9-10,12H,2-3,8,11H2,1H3,(H,25,26)(H,27,28). The van der Waals surface area contributed by atoms with Gasteiger partial charge in [-0.2, -0.15) is 18.3 Å². The number of nitrogens with zero attached hydrogens (tertiary/aromatic N) is 3. The number of piperidine rings is 1. The van der Waals surface area contributed by atoms with Gasteiger partial charge >= 0.3 is 6.18 Å². The van der Waals surface area contributed by atoms with E-state index in [1.807, 2.05) is 36.4 Å². The van der Waals surface area contributed by atoms with Crippen molar-refractivity contribution in [3.8, 4) is 17.3 Å². The molecule has 0 aliphatic carbocycles. The zero-order valence-corrected chi connectivity index (χ0v) is 16.3. The molecule has 0 radical (unpaired) electrons. The second kappa shape index (κ2) is 6.93. The van der Waals surface area contributed by atoms with Gasteiger partial charge in [-0.15, -0.1) is 0 Å². The maximum absolute atomic E-state index is 13.2. The number of hydrogen-bond donors (Lipinski definition) is 2. The van der Waals surface area contributed by atoms with Crippen LogP contribution in [-0.2, 0) is 0 Å². The number of aromatic nitrogens is 4. The van der Waals surface area contributed by atoms with E-state index in [1.54, 1.807) is 12.0 Å². The van der Waals surface area contributed by atoms with Crippen molar-refractivity contribution in [1.82, 2.24) is 20.2 Å². The molecule has 5 rings (SSSR count). The number of hydrogen-bond acceptors (Lipinski definition) is 4. The van der Waals surface area contributed by atoms with Crippen molar-refractivity contribution >= 4 is 27.6 Å². The van der Waals surface area contributed by atoms with Gasteiger partial charge in [-0.05, 0) is 49.2 Å². The Bertz CT molecular complexity index is 1210. The summed E-state index contributed by atoms with van der Waals surface area (Å²) in [6, 6.07) is 11.1. The van der Waals surface area contributed by atoms with Gasteiger partial charge in [0, 0.05) is 24.2 Å². The molecule has 30 heavy (non-hydrogen) atoms. The Labute approximate surface area is 170 Å². The van der Waals surface area contributed by atoms with Crippen LogP contribution in [0, 0.1) is 5.92 Å². The maximum Gasteiger partial charge on any atom is 0.393 e. The third-order valence-corrected chi connectivity index (χ3v) is 5.71. The molecule has 2 aromatic carbocycles. The quantitative estimate of drug-likeness (QED) is 0.500. The molecule has 2 N–H and O–H groups in total. The number of methoxy groups -OCH3 is 1. The Hall–Kier alpha value is -3.23. The van der Waals surface area contributed by atoms with Gasteiger partial charge in [-0.25, -0.2) is 4.98 Å². The number of alkyl halides is 3. The van der Waals surface area contributed by atoms with Gasteiger partial charge < -0.3 is 14.6 Å². The predicted molar refractivity (Wildman–Crippen MR) is 109 cm³/mol. The van der Waals surface area contributed by atoms with Crippen molar-refractivity contribution in [2.24, 2.45) is 5.92 Å². The van der Waals surface area contributed by atoms with E-state index in [0.29, 0.717) is 30.2 Å². The molecule has 1 unspecified atom stereocenters. The minimum absolute atomic E-state index is 0.0141. The Kier molecular flexibility index (Phi) is 4.34. The van der Waals surface area contributed by atoms with Crippen LogP contribution >= 0.6 is 0 Å². The molecule has 1 saturated heterocycles. The number of fused-ring (bicyclic) bond motifs is 2. The Morgan fingerprint density at radius 3 is 2.80 bits per heavy atom. The number of benzene rings is 2. The molecule has 2 aromatic heterocycles. The second-order valence-corrected chi connectivity index (χ2v) is 7.60.